The van der Waals surface area contributed by atoms with Crippen LogP contribution in [0.15, 0.2) is 20.6 Å². The zero-order valence-corrected chi connectivity index (χ0v) is 11.0. The van der Waals surface area contributed by atoms with Gasteiger partial charge in [0.2, 0.25) is 0 Å². The summed E-state index contributed by atoms with van der Waals surface area (Å²) < 4.78 is 0. The maximum absolute atomic E-state index is 8.03. The Kier molecular flexibility index (Phi) is 15.2. The fourth-order valence-corrected chi connectivity index (χ4v) is 0.289. The summed E-state index contributed by atoms with van der Waals surface area (Å²) in [5.74, 6) is 0. The predicted octanol–water partition coefficient (Wildman–Crippen LogP) is 1.37. The van der Waals surface area contributed by atoms with E-state index in [9.17, 15) is 0 Å². The fourth-order valence-electron chi connectivity index (χ4n) is 0.289. The molecule has 0 amide bonds. The summed E-state index contributed by atoms with van der Waals surface area (Å²) in [6.07, 6.45) is 0. The van der Waals surface area contributed by atoms with Crippen molar-refractivity contribution in [2.24, 2.45) is 20.6 Å². The smallest absolute Gasteiger partial charge is 0.101 e. The van der Waals surface area contributed by atoms with Gasteiger partial charge in [-0.15, -0.1) is 0 Å². The van der Waals surface area contributed by atoms with Crippen LogP contribution in [0.5, 0.6) is 0 Å². The van der Waals surface area contributed by atoms with Gasteiger partial charge < -0.3 is 20.8 Å². The molecule has 0 spiro atoms. The number of rotatable bonds is 2. The summed E-state index contributed by atoms with van der Waals surface area (Å²) in [6.45, 7) is 6.15. The van der Waals surface area contributed by atoms with E-state index in [1.54, 1.807) is 0 Å². The maximum atomic E-state index is 8.03. The first-order valence-corrected chi connectivity index (χ1v) is 4.19. The average Bonchev–Trinajstić information content (AvgIpc) is 2.35. The van der Waals surface area contributed by atoms with E-state index in [0.717, 1.165) is 0 Å². The van der Waals surface area contributed by atoms with Gasteiger partial charge in [0.25, 0.3) is 0 Å². The zero-order valence-electron chi connectivity index (χ0n) is 9.91. The van der Waals surface area contributed by atoms with Crippen molar-refractivity contribution in [3.8, 4) is 0 Å². The van der Waals surface area contributed by atoms with Gasteiger partial charge in [0.1, 0.15) is 22.8 Å². The SMILES string of the molecule is CC(=N/O)/C(C)=N/O.CC(=N/O)/C(C)=N\O.[Co]. The van der Waals surface area contributed by atoms with Crippen LogP contribution in [0.3, 0.4) is 0 Å². The van der Waals surface area contributed by atoms with Crippen molar-refractivity contribution in [3.05, 3.63) is 0 Å². The van der Waals surface area contributed by atoms with Crippen molar-refractivity contribution >= 4 is 22.8 Å². The minimum absolute atomic E-state index is 0. The Bertz CT molecular complexity index is 261. The summed E-state index contributed by atoms with van der Waals surface area (Å²) >= 11 is 0. The molecule has 4 N–H and O–H groups in total. The van der Waals surface area contributed by atoms with Crippen LogP contribution in [0.1, 0.15) is 27.7 Å². The number of hydrogen-bond donors (Lipinski definition) is 4. The van der Waals surface area contributed by atoms with Crippen LogP contribution < -0.4 is 0 Å². The second-order valence-corrected chi connectivity index (χ2v) is 2.74. The first-order valence-electron chi connectivity index (χ1n) is 4.19. The van der Waals surface area contributed by atoms with Crippen LogP contribution in [-0.4, -0.2) is 43.7 Å². The molecule has 0 aromatic rings. The van der Waals surface area contributed by atoms with Crippen LogP contribution in [0.4, 0.5) is 0 Å². The Morgan fingerprint density at radius 3 is 0.706 bits per heavy atom. The standard InChI is InChI=1S/2C4H8N2O2.Co/c2*1-3(5-7)4(2)6-8;/h2*7-8H,1-2H3;/b5-3-,6-4+;5-3-,6-4-;. The van der Waals surface area contributed by atoms with E-state index < -0.39 is 0 Å². The van der Waals surface area contributed by atoms with Crippen LogP contribution in [0.2, 0.25) is 0 Å². The molecule has 101 valence electrons. The van der Waals surface area contributed by atoms with Gasteiger partial charge in [0.15, 0.2) is 0 Å². The largest absolute Gasteiger partial charge is 0.411 e. The van der Waals surface area contributed by atoms with Crippen molar-refractivity contribution in [2.75, 3.05) is 0 Å². The van der Waals surface area contributed by atoms with Gasteiger partial charge in [-0.1, -0.05) is 20.6 Å². The van der Waals surface area contributed by atoms with E-state index in [4.69, 9.17) is 20.8 Å². The summed E-state index contributed by atoms with van der Waals surface area (Å²) in [5.41, 5.74) is 1.25. The molecule has 0 fully saturated rings. The van der Waals surface area contributed by atoms with Crippen molar-refractivity contribution in [3.63, 3.8) is 0 Å². The van der Waals surface area contributed by atoms with E-state index in [-0.39, 0.29) is 16.8 Å². The van der Waals surface area contributed by atoms with E-state index >= 15 is 0 Å². The van der Waals surface area contributed by atoms with Gasteiger partial charge in [-0.2, -0.15) is 0 Å². The molecule has 0 aliphatic rings. The number of nitrogens with zero attached hydrogens (tertiary/aromatic N) is 4. The van der Waals surface area contributed by atoms with Gasteiger partial charge in [-0.3, -0.25) is 0 Å². The Hall–Kier alpha value is -1.61. The molecule has 1 radical (unpaired) electrons. The minimum Gasteiger partial charge on any atom is -0.411 e. The molecule has 0 heterocycles. The average molecular weight is 291 g/mol. The summed E-state index contributed by atoms with van der Waals surface area (Å²) in [7, 11) is 0. The summed E-state index contributed by atoms with van der Waals surface area (Å²) in [6, 6.07) is 0. The minimum atomic E-state index is 0. The van der Waals surface area contributed by atoms with Gasteiger partial charge in [0.05, 0.1) is 0 Å². The third kappa shape index (κ3) is 10.7. The fraction of sp³-hybridized carbons (Fsp3) is 0.500. The molecule has 0 bridgehead atoms. The molecule has 8 nitrogen and oxygen atoms in total. The van der Waals surface area contributed by atoms with Crippen molar-refractivity contribution in [1.29, 1.82) is 0 Å². The summed E-state index contributed by atoms with van der Waals surface area (Å²) in [4.78, 5) is 0. The van der Waals surface area contributed by atoms with Crippen LogP contribution in [0, 0.1) is 0 Å². The second-order valence-electron chi connectivity index (χ2n) is 2.74. The van der Waals surface area contributed by atoms with Crippen LogP contribution in [0.25, 0.3) is 0 Å². The molecule has 0 aromatic carbocycles. The molecule has 0 aromatic heterocycles. The van der Waals surface area contributed by atoms with Crippen LogP contribution in [-0.2, 0) is 16.8 Å². The van der Waals surface area contributed by atoms with Crippen molar-refractivity contribution in [2.45, 2.75) is 27.7 Å². The first-order chi connectivity index (χ1) is 7.44. The molecular formula is C8H16CoN4O4. The second kappa shape index (κ2) is 12.5. The first kappa shape index (κ1) is 20.8. The van der Waals surface area contributed by atoms with E-state index in [1.165, 1.54) is 27.7 Å². The molecule has 0 aliphatic heterocycles. The molecule has 0 saturated heterocycles. The Morgan fingerprint density at radius 2 is 0.647 bits per heavy atom. The predicted molar refractivity (Wildman–Crippen MR) is 59.6 cm³/mol. The molecule has 0 saturated carbocycles. The molecule has 0 aliphatic carbocycles. The molecule has 0 unspecified atom stereocenters. The van der Waals surface area contributed by atoms with Crippen molar-refractivity contribution in [1.82, 2.24) is 0 Å². The van der Waals surface area contributed by atoms with Gasteiger partial charge >= 0.3 is 0 Å². The normalized spacial score (nSPS) is 13.4. The zero-order chi connectivity index (χ0) is 13.1. The van der Waals surface area contributed by atoms with Gasteiger partial charge in [-0.25, -0.2) is 0 Å². The quantitative estimate of drug-likeness (QED) is 0.347. The van der Waals surface area contributed by atoms with Gasteiger partial charge in [0, 0.05) is 16.8 Å². The third-order valence-electron chi connectivity index (χ3n) is 1.65. The van der Waals surface area contributed by atoms with E-state index in [1.807, 2.05) is 0 Å². The van der Waals surface area contributed by atoms with E-state index in [0.29, 0.717) is 22.8 Å². The maximum Gasteiger partial charge on any atom is 0.101 e. The Labute approximate surface area is 109 Å². The third-order valence-corrected chi connectivity index (χ3v) is 1.65. The summed E-state index contributed by atoms with van der Waals surface area (Å²) in [5, 5.41) is 43.3. The molecule has 0 rings (SSSR count). The topological polar surface area (TPSA) is 130 Å². The molecule has 0 atom stereocenters. The van der Waals surface area contributed by atoms with Crippen molar-refractivity contribution < 1.29 is 37.6 Å². The monoisotopic (exact) mass is 291 g/mol. The Morgan fingerprint density at radius 1 is 0.529 bits per heavy atom. The number of oxime groups is 4. The van der Waals surface area contributed by atoms with Gasteiger partial charge in [-0.05, 0) is 27.7 Å². The van der Waals surface area contributed by atoms with E-state index in [2.05, 4.69) is 20.6 Å². The number of hydrogen-bond acceptors (Lipinski definition) is 8. The molecule has 9 heteroatoms. The van der Waals surface area contributed by atoms with Crippen LogP contribution >= 0.6 is 0 Å². The Balaban J connectivity index is -0.000000218. The molecular weight excluding hydrogens is 275 g/mol. The molecule has 17 heavy (non-hydrogen) atoms.